The van der Waals surface area contributed by atoms with Gasteiger partial charge in [0.1, 0.15) is 10.6 Å². The number of nitrogens with zero attached hydrogens (tertiary/aromatic N) is 1. The third-order valence-corrected chi connectivity index (χ3v) is 7.18. The number of halogens is 3. The predicted molar refractivity (Wildman–Crippen MR) is 118 cm³/mol. The molecular weight excluding hydrogens is 475 g/mol. The van der Waals surface area contributed by atoms with Gasteiger partial charge in [-0.25, -0.2) is 8.42 Å². The van der Waals surface area contributed by atoms with Gasteiger partial charge >= 0.3 is 6.18 Å². The van der Waals surface area contributed by atoms with E-state index in [0.717, 1.165) is 43.5 Å². The lowest BCUT2D eigenvalue weighted by atomic mass is 10.1. The summed E-state index contributed by atoms with van der Waals surface area (Å²) in [7, 11) is -2.48. The third-order valence-electron chi connectivity index (χ3n) is 5.26. The minimum atomic E-state index is -4.52. The number of ether oxygens (including phenoxy) is 1. The van der Waals surface area contributed by atoms with Crippen molar-refractivity contribution in [2.45, 2.75) is 30.3 Å². The van der Waals surface area contributed by atoms with Gasteiger partial charge in [-0.1, -0.05) is 6.42 Å². The highest BCUT2D eigenvalue weighted by Crippen LogP contribution is 2.31. The molecule has 1 aliphatic heterocycles. The molecule has 0 saturated carbocycles. The van der Waals surface area contributed by atoms with Crippen LogP contribution in [-0.4, -0.2) is 51.3 Å². The quantitative estimate of drug-likeness (QED) is 0.609. The van der Waals surface area contributed by atoms with Gasteiger partial charge in [0.05, 0.1) is 19.2 Å². The van der Waals surface area contributed by atoms with Gasteiger partial charge in [-0.15, -0.1) is 0 Å². The molecule has 1 aliphatic rings. The molecule has 0 aliphatic carbocycles. The molecule has 1 heterocycles. The normalized spacial score (nSPS) is 14.9. The number of alkyl halides is 3. The first-order chi connectivity index (χ1) is 16.0. The lowest BCUT2D eigenvalue weighted by molar-refractivity contribution is -0.137. The molecular formula is C22H24F3N3O5S. The van der Waals surface area contributed by atoms with Crippen LogP contribution in [0.2, 0.25) is 0 Å². The Morgan fingerprint density at radius 2 is 1.68 bits per heavy atom. The Labute approximate surface area is 195 Å². The maximum Gasteiger partial charge on any atom is 0.416 e. The van der Waals surface area contributed by atoms with Crippen molar-refractivity contribution < 1.29 is 35.9 Å². The zero-order valence-corrected chi connectivity index (χ0v) is 19.1. The SMILES string of the molecule is COc1ccc(NC(=O)CNC(=O)c2ccc(C(F)(F)F)cc2)cc1S(=O)(=O)N1CCCCC1. The molecule has 0 spiro atoms. The zero-order valence-electron chi connectivity index (χ0n) is 18.3. The first-order valence-electron chi connectivity index (χ1n) is 10.5. The van der Waals surface area contributed by atoms with Crippen molar-refractivity contribution in [2.24, 2.45) is 0 Å². The highest BCUT2D eigenvalue weighted by Gasteiger charge is 2.31. The summed E-state index contributed by atoms with van der Waals surface area (Å²) in [6.45, 7) is 0.330. The van der Waals surface area contributed by atoms with Gasteiger partial charge in [-0.3, -0.25) is 9.59 Å². The van der Waals surface area contributed by atoms with E-state index < -0.39 is 40.1 Å². The Hall–Kier alpha value is -3.12. The maximum atomic E-state index is 13.1. The minimum absolute atomic E-state index is 0.0415. The second kappa shape index (κ2) is 10.4. The number of methoxy groups -OCH3 is 1. The predicted octanol–water partition coefficient (Wildman–Crippen LogP) is 3.26. The lowest BCUT2D eigenvalue weighted by Crippen LogP contribution is -2.36. The lowest BCUT2D eigenvalue weighted by Gasteiger charge is -2.26. The largest absolute Gasteiger partial charge is 0.495 e. The molecule has 12 heteroatoms. The number of benzene rings is 2. The van der Waals surface area contributed by atoms with E-state index in [0.29, 0.717) is 13.1 Å². The summed E-state index contributed by atoms with van der Waals surface area (Å²) in [5.74, 6) is -1.24. The monoisotopic (exact) mass is 499 g/mol. The Kier molecular flexibility index (Phi) is 7.82. The molecule has 2 amide bonds. The summed E-state index contributed by atoms with van der Waals surface area (Å²) in [5, 5.41) is 4.82. The first kappa shape index (κ1) is 25.5. The number of piperidine rings is 1. The molecule has 0 unspecified atom stereocenters. The summed E-state index contributed by atoms with van der Waals surface area (Å²) < 4.78 is 70.6. The average molecular weight is 500 g/mol. The van der Waals surface area contributed by atoms with Gasteiger partial charge in [0.25, 0.3) is 5.91 Å². The molecule has 8 nitrogen and oxygen atoms in total. The van der Waals surface area contributed by atoms with Crippen molar-refractivity contribution in [3.63, 3.8) is 0 Å². The molecule has 2 aromatic rings. The van der Waals surface area contributed by atoms with E-state index in [2.05, 4.69) is 10.6 Å². The number of hydrogen-bond acceptors (Lipinski definition) is 5. The van der Waals surface area contributed by atoms with Gasteiger partial charge in [-0.2, -0.15) is 17.5 Å². The molecule has 34 heavy (non-hydrogen) atoms. The number of amides is 2. The van der Waals surface area contributed by atoms with E-state index in [1.54, 1.807) is 0 Å². The Bertz CT molecular complexity index is 1150. The highest BCUT2D eigenvalue weighted by atomic mass is 32.2. The number of carbonyl (C=O) groups is 2. The molecule has 3 rings (SSSR count). The number of sulfonamides is 1. The fourth-order valence-corrected chi connectivity index (χ4v) is 5.18. The van der Waals surface area contributed by atoms with E-state index in [1.807, 2.05) is 0 Å². The van der Waals surface area contributed by atoms with Gasteiger partial charge in [-0.05, 0) is 55.3 Å². The molecule has 2 aromatic carbocycles. The highest BCUT2D eigenvalue weighted by molar-refractivity contribution is 7.89. The van der Waals surface area contributed by atoms with Crippen LogP contribution in [0.3, 0.4) is 0 Å². The van der Waals surface area contributed by atoms with Gasteiger partial charge in [0.15, 0.2) is 0 Å². The molecule has 0 atom stereocenters. The van der Waals surface area contributed by atoms with Crippen LogP contribution in [0.15, 0.2) is 47.4 Å². The fourth-order valence-electron chi connectivity index (χ4n) is 3.48. The van der Waals surface area contributed by atoms with Crippen LogP contribution in [0, 0.1) is 0 Å². The van der Waals surface area contributed by atoms with Crippen LogP contribution in [0.4, 0.5) is 18.9 Å². The Balaban J connectivity index is 1.65. The van der Waals surface area contributed by atoms with Gasteiger partial charge in [0, 0.05) is 24.3 Å². The fraction of sp³-hybridized carbons (Fsp3) is 0.364. The van der Waals surface area contributed by atoms with Crippen LogP contribution in [-0.2, 0) is 21.0 Å². The number of hydrogen-bond donors (Lipinski definition) is 2. The average Bonchev–Trinajstić information content (AvgIpc) is 2.82. The van der Waals surface area contributed by atoms with Crippen molar-refractivity contribution in [3.05, 3.63) is 53.6 Å². The molecule has 0 radical (unpaired) electrons. The van der Waals surface area contributed by atoms with Crippen LogP contribution < -0.4 is 15.4 Å². The number of nitrogens with one attached hydrogen (secondary N) is 2. The summed E-state index contributed by atoms with van der Waals surface area (Å²) in [6.07, 6.45) is -2.04. The van der Waals surface area contributed by atoms with Crippen molar-refractivity contribution in [3.8, 4) is 5.75 Å². The summed E-state index contributed by atoms with van der Waals surface area (Å²) in [4.78, 5) is 24.3. The number of anilines is 1. The van der Waals surface area contributed by atoms with E-state index in [9.17, 15) is 31.2 Å². The van der Waals surface area contributed by atoms with E-state index in [-0.39, 0.29) is 21.9 Å². The van der Waals surface area contributed by atoms with Crippen molar-refractivity contribution >= 4 is 27.5 Å². The standard InChI is InChI=1S/C22H24F3N3O5S/c1-33-18-10-9-17(13-19(18)34(31,32)28-11-3-2-4-12-28)27-20(29)14-26-21(30)15-5-7-16(8-6-15)22(23,24)25/h5-10,13H,2-4,11-12,14H2,1H3,(H,26,30)(H,27,29). The van der Waals surface area contributed by atoms with Crippen molar-refractivity contribution in [1.82, 2.24) is 9.62 Å². The molecule has 1 fully saturated rings. The molecule has 1 saturated heterocycles. The van der Waals surface area contributed by atoms with Crippen LogP contribution in [0.5, 0.6) is 5.75 Å². The van der Waals surface area contributed by atoms with Crippen molar-refractivity contribution in [1.29, 1.82) is 0 Å². The molecule has 0 bridgehead atoms. The third kappa shape index (κ3) is 6.06. The van der Waals surface area contributed by atoms with Gasteiger partial charge < -0.3 is 15.4 Å². The molecule has 0 aromatic heterocycles. The topological polar surface area (TPSA) is 105 Å². The van der Waals surface area contributed by atoms with E-state index >= 15 is 0 Å². The summed E-state index contributed by atoms with van der Waals surface area (Å²) in [5.41, 5.74) is -0.748. The van der Waals surface area contributed by atoms with Crippen LogP contribution >= 0.6 is 0 Å². The smallest absolute Gasteiger partial charge is 0.416 e. The van der Waals surface area contributed by atoms with E-state index in [1.165, 1.54) is 29.6 Å². The minimum Gasteiger partial charge on any atom is -0.495 e. The number of carbonyl (C=O) groups excluding carboxylic acids is 2. The Morgan fingerprint density at radius 3 is 2.26 bits per heavy atom. The van der Waals surface area contributed by atoms with E-state index in [4.69, 9.17) is 4.74 Å². The first-order valence-corrected chi connectivity index (χ1v) is 11.9. The van der Waals surface area contributed by atoms with Gasteiger partial charge in [0.2, 0.25) is 15.9 Å². The molecule has 2 N–H and O–H groups in total. The second-order valence-electron chi connectivity index (χ2n) is 7.64. The van der Waals surface area contributed by atoms with Crippen molar-refractivity contribution in [2.75, 3.05) is 32.1 Å². The zero-order chi connectivity index (χ0) is 24.9. The number of rotatable bonds is 7. The molecule has 184 valence electrons. The van der Waals surface area contributed by atoms with Crippen LogP contribution in [0.1, 0.15) is 35.2 Å². The second-order valence-corrected chi connectivity index (χ2v) is 9.54. The summed E-state index contributed by atoms with van der Waals surface area (Å²) >= 11 is 0. The Morgan fingerprint density at radius 1 is 1.03 bits per heavy atom. The van der Waals surface area contributed by atoms with Crippen LogP contribution in [0.25, 0.3) is 0 Å². The maximum absolute atomic E-state index is 13.1. The summed E-state index contributed by atoms with van der Waals surface area (Å²) in [6, 6.07) is 7.75.